The molecule has 0 aliphatic rings. The van der Waals surface area contributed by atoms with E-state index in [2.05, 4.69) is 15.8 Å². The highest BCUT2D eigenvalue weighted by Crippen LogP contribution is 2.26. The number of hydrogen-bond acceptors (Lipinski definition) is 5. The summed E-state index contributed by atoms with van der Waals surface area (Å²) in [5, 5.41) is 7.36. The molecule has 176 valence electrons. The first-order valence-corrected chi connectivity index (χ1v) is 11.0. The lowest BCUT2D eigenvalue weighted by atomic mass is 10.2. The van der Waals surface area contributed by atoms with Gasteiger partial charge in [-0.15, -0.1) is 0 Å². The van der Waals surface area contributed by atoms with Crippen molar-refractivity contribution in [2.75, 3.05) is 11.9 Å². The van der Waals surface area contributed by atoms with Crippen LogP contribution in [0.25, 0.3) is 5.69 Å². The summed E-state index contributed by atoms with van der Waals surface area (Å²) in [6.45, 7) is 5.77. The number of benzene rings is 2. The molecular formula is C24H22Cl2N4O4. The number of hydrogen-bond donors (Lipinski definition) is 2. The number of nitrogens with one attached hydrogen (secondary N) is 2. The third-order valence-corrected chi connectivity index (χ3v) is 5.24. The quantitative estimate of drug-likeness (QED) is 0.222. The van der Waals surface area contributed by atoms with Crippen LogP contribution in [0.2, 0.25) is 10.0 Å². The van der Waals surface area contributed by atoms with Crippen LogP contribution in [-0.2, 0) is 14.3 Å². The molecule has 3 rings (SSSR count). The maximum atomic E-state index is 12.1. The fourth-order valence-electron chi connectivity index (χ4n) is 3.29. The Morgan fingerprint density at radius 3 is 2.26 bits per heavy atom. The van der Waals surface area contributed by atoms with E-state index in [0.717, 1.165) is 22.6 Å². The Bertz CT molecular complexity index is 1250. The number of hydrazone groups is 1. The normalized spacial score (nSPS) is 10.9. The van der Waals surface area contributed by atoms with Crippen LogP contribution in [0.4, 0.5) is 5.69 Å². The van der Waals surface area contributed by atoms with Crippen molar-refractivity contribution in [1.82, 2.24) is 9.99 Å². The lowest BCUT2D eigenvalue weighted by molar-refractivity contribution is -0.136. The molecule has 1 heterocycles. The number of nitrogens with zero attached hydrogens (tertiary/aromatic N) is 2. The van der Waals surface area contributed by atoms with Crippen molar-refractivity contribution in [1.29, 1.82) is 0 Å². The molecule has 0 atom stereocenters. The summed E-state index contributed by atoms with van der Waals surface area (Å²) in [4.78, 5) is 35.9. The average molecular weight is 501 g/mol. The van der Waals surface area contributed by atoms with Crippen LogP contribution in [0, 0.1) is 13.8 Å². The predicted molar refractivity (Wildman–Crippen MR) is 132 cm³/mol. The van der Waals surface area contributed by atoms with Gasteiger partial charge in [-0.25, -0.2) is 10.2 Å². The van der Waals surface area contributed by atoms with E-state index < -0.39 is 17.8 Å². The first-order chi connectivity index (χ1) is 16.2. The van der Waals surface area contributed by atoms with Gasteiger partial charge in [0.25, 0.3) is 0 Å². The van der Waals surface area contributed by atoms with E-state index in [1.165, 1.54) is 30.5 Å². The molecule has 0 bridgehead atoms. The second kappa shape index (κ2) is 11.0. The van der Waals surface area contributed by atoms with Crippen LogP contribution >= 0.6 is 23.2 Å². The maximum Gasteiger partial charge on any atom is 0.338 e. The zero-order chi connectivity index (χ0) is 24.8. The molecule has 34 heavy (non-hydrogen) atoms. The number of amides is 2. The summed E-state index contributed by atoms with van der Waals surface area (Å²) >= 11 is 12.2. The number of carbonyl (C=O) groups excluding carboxylic acids is 3. The van der Waals surface area contributed by atoms with Crippen LogP contribution < -0.4 is 10.7 Å². The van der Waals surface area contributed by atoms with Gasteiger partial charge in [-0.1, -0.05) is 23.2 Å². The third-order valence-electron chi connectivity index (χ3n) is 4.81. The Morgan fingerprint density at radius 1 is 1.00 bits per heavy atom. The van der Waals surface area contributed by atoms with Gasteiger partial charge in [-0.3, -0.25) is 9.59 Å². The highest BCUT2D eigenvalue weighted by Gasteiger charge is 2.15. The summed E-state index contributed by atoms with van der Waals surface area (Å²) in [5.74, 6) is -2.31. The zero-order valence-electron chi connectivity index (χ0n) is 18.7. The molecule has 2 aromatic carbocycles. The standard InChI is InChI=1S/C24H22Cl2N4O4/c1-4-34-24(33)16-5-7-20(8-6-16)28-22(31)23(32)29-27-13-17-9-14(2)30(15(17)3)21-11-18(25)10-19(26)12-21/h5-13H,4H2,1-3H3,(H,28,31)(H,29,32)/b27-13-. The smallest absolute Gasteiger partial charge is 0.338 e. The number of aromatic nitrogens is 1. The van der Waals surface area contributed by atoms with Crippen LogP contribution in [0.5, 0.6) is 0 Å². The number of halogens is 2. The number of carbonyl (C=O) groups is 3. The largest absolute Gasteiger partial charge is 0.462 e. The zero-order valence-corrected chi connectivity index (χ0v) is 20.2. The Hall–Kier alpha value is -3.62. The lowest BCUT2D eigenvalue weighted by Crippen LogP contribution is -2.32. The molecule has 10 heteroatoms. The van der Waals surface area contributed by atoms with Crippen LogP contribution in [0.3, 0.4) is 0 Å². The average Bonchev–Trinajstić information content (AvgIpc) is 3.06. The number of esters is 1. The summed E-state index contributed by atoms with van der Waals surface area (Å²) in [6.07, 6.45) is 1.45. The molecule has 0 saturated heterocycles. The molecule has 0 unspecified atom stereocenters. The molecule has 0 fully saturated rings. The van der Waals surface area contributed by atoms with Crippen molar-refractivity contribution in [2.45, 2.75) is 20.8 Å². The summed E-state index contributed by atoms with van der Waals surface area (Å²) in [5.41, 5.74) is 6.18. The van der Waals surface area contributed by atoms with Crippen molar-refractivity contribution in [2.24, 2.45) is 5.10 Å². The van der Waals surface area contributed by atoms with Gasteiger partial charge in [0.1, 0.15) is 0 Å². The van der Waals surface area contributed by atoms with Crippen LogP contribution in [0.15, 0.2) is 53.6 Å². The number of aryl methyl sites for hydroxylation is 1. The molecule has 0 radical (unpaired) electrons. The Kier molecular flexibility index (Phi) is 8.09. The van der Waals surface area contributed by atoms with Crippen molar-refractivity contribution >= 4 is 52.9 Å². The van der Waals surface area contributed by atoms with Crippen molar-refractivity contribution in [3.8, 4) is 5.69 Å². The summed E-state index contributed by atoms with van der Waals surface area (Å²) in [7, 11) is 0. The lowest BCUT2D eigenvalue weighted by Gasteiger charge is -2.10. The topological polar surface area (TPSA) is 102 Å². The van der Waals surface area contributed by atoms with E-state index in [1.807, 2.05) is 24.5 Å². The molecule has 1 aromatic heterocycles. The second-order valence-corrected chi connectivity index (χ2v) is 8.11. The minimum Gasteiger partial charge on any atom is -0.462 e. The van der Waals surface area contributed by atoms with E-state index in [-0.39, 0.29) is 6.61 Å². The number of rotatable bonds is 6. The molecule has 0 aliphatic carbocycles. The fourth-order valence-corrected chi connectivity index (χ4v) is 3.80. The maximum absolute atomic E-state index is 12.1. The van der Waals surface area contributed by atoms with Gasteiger partial charge < -0.3 is 14.6 Å². The SMILES string of the molecule is CCOC(=O)c1ccc(NC(=O)C(=O)N/N=C\c2cc(C)n(-c3cc(Cl)cc(Cl)c3)c2C)cc1. The molecular weight excluding hydrogens is 479 g/mol. The molecule has 0 saturated carbocycles. The monoisotopic (exact) mass is 500 g/mol. The van der Waals surface area contributed by atoms with E-state index in [4.69, 9.17) is 27.9 Å². The number of ether oxygens (including phenoxy) is 1. The third kappa shape index (κ3) is 6.03. The molecule has 0 aliphatic heterocycles. The van der Waals surface area contributed by atoms with Gasteiger partial charge in [0.05, 0.1) is 18.4 Å². The predicted octanol–water partition coefficient (Wildman–Crippen LogP) is 4.67. The summed E-state index contributed by atoms with van der Waals surface area (Å²) in [6, 6.07) is 13.1. The Morgan fingerprint density at radius 2 is 1.65 bits per heavy atom. The van der Waals surface area contributed by atoms with Gasteiger partial charge in [0.2, 0.25) is 0 Å². The molecule has 8 nitrogen and oxygen atoms in total. The Labute approximate surface area is 206 Å². The second-order valence-electron chi connectivity index (χ2n) is 7.24. The van der Waals surface area contributed by atoms with Crippen molar-refractivity contribution in [3.05, 3.63) is 81.1 Å². The van der Waals surface area contributed by atoms with Gasteiger partial charge in [-0.2, -0.15) is 5.10 Å². The first kappa shape index (κ1) is 25.0. The molecule has 3 aromatic rings. The van der Waals surface area contributed by atoms with E-state index >= 15 is 0 Å². The minimum absolute atomic E-state index is 0.261. The van der Waals surface area contributed by atoms with Gasteiger partial charge in [-0.05, 0) is 69.3 Å². The van der Waals surface area contributed by atoms with Gasteiger partial charge in [0.15, 0.2) is 0 Å². The first-order valence-electron chi connectivity index (χ1n) is 10.3. The summed E-state index contributed by atoms with van der Waals surface area (Å²) < 4.78 is 6.85. The number of anilines is 1. The van der Waals surface area contributed by atoms with Crippen LogP contribution in [0.1, 0.15) is 34.2 Å². The fraction of sp³-hybridized carbons (Fsp3) is 0.167. The van der Waals surface area contributed by atoms with Crippen molar-refractivity contribution in [3.63, 3.8) is 0 Å². The minimum atomic E-state index is -0.943. The van der Waals surface area contributed by atoms with E-state index in [1.54, 1.807) is 25.1 Å². The van der Waals surface area contributed by atoms with E-state index in [9.17, 15) is 14.4 Å². The molecule has 2 N–H and O–H groups in total. The molecule has 0 spiro atoms. The highest BCUT2D eigenvalue weighted by atomic mass is 35.5. The van der Waals surface area contributed by atoms with Gasteiger partial charge >= 0.3 is 17.8 Å². The van der Waals surface area contributed by atoms with E-state index in [0.29, 0.717) is 21.3 Å². The highest BCUT2D eigenvalue weighted by molar-refractivity contribution is 6.39. The van der Waals surface area contributed by atoms with Crippen molar-refractivity contribution < 1.29 is 19.1 Å². The molecule has 2 amide bonds. The van der Waals surface area contributed by atoms with Crippen LogP contribution in [-0.4, -0.2) is 35.2 Å². The Balaban J connectivity index is 1.63. The van der Waals surface area contributed by atoms with Gasteiger partial charge in [0, 0.05) is 38.4 Å².